The predicted molar refractivity (Wildman–Crippen MR) is 141 cm³/mol. The normalized spacial score (nSPS) is 14.9. The van der Waals surface area contributed by atoms with Gasteiger partial charge in [-0.3, -0.25) is 4.99 Å². The van der Waals surface area contributed by atoms with Gasteiger partial charge in [-0.2, -0.15) is 0 Å². The van der Waals surface area contributed by atoms with Crippen LogP contribution in [0.5, 0.6) is 0 Å². The average molecular weight is 577 g/mol. The SMILES string of the molecule is CN=C(NCc1ccc(CS(C)(=O)=O)cc1)N1CCN(c2cc(Cl)ccc2C)CC1.I. The van der Waals surface area contributed by atoms with Gasteiger partial charge in [0.05, 0.1) is 5.75 Å². The molecular formula is C22H30ClIN4O2S. The molecule has 0 amide bonds. The van der Waals surface area contributed by atoms with Gasteiger partial charge in [0.2, 0.25) is 0 Å². The zero-order chi connectivity index (χ0) is 21.7. The van der Waals surface area contributed by atoms with Crippen molar-refractivity contribution in [3.05, 3.63) is 64.2 Å². The van der Waals surface area contributed by atoms with Crippen molar-refractivity contribution < 1.29 is 8.42 Å². The molecule has 2 aromatic carbocycles. The van der Waals surface area contributed by atoms with Crippen LogP contribution in [0.2, 0.25) is 5.02 Å². The first-order valence-electron chi connectivity index (χ1n) is 9.97. The Bertz CT molecular complexity index is 1000. The Kier molecular flexibility index (Phi) is 9.45. The number of aliphatic imine (C=N–C) groups is 1. The lowest BCUT2D eigenvalue weighted by atomic mass is 10.1. The van der Waals surface area contributed by atoms with E-state index in [1.54, 1.807) is 7.05 Å². The van der Waals surface area contributed by atoms with Crippen LogP contribution in [0, 0.1) is 6.92 Å². The van der Waals surface area contributed by atoms with Crippen LogP contribution >= 0.6 is 35.6 Å². The number of sulfone groups is 1. The number of piperazine rings is 1. The van der Waals surface area contributed by atoms with Crippen LogP contribution in [-0.2, 0) is 22.1 Å². The molecule has 2 aromatic rings. The molecule has 0 radical (unpaired) electrons. The van der Waals surface area contributed by atoms with Crippen molar-refractivity contribution in [1.82, 2.24) is 10.2 Å². The highest BCUT2D eigenvalue weighted by Crippen LogP contribution is 2.25. The van der Waals surface area contributed by atoms with E-state index in [2.05, 4.69) is 33.1 Å². The molecule has 1 heterocycles. The van der Waals surface area contributed by atoms with E-state index in [4.69, 9.17) is 11.6 Å². The maximum Gasteiger partial charge on any atom is 0.194 e. The molecule has 0 aliphatic carbocycles. The van der Waals surface area contributed by atoms with Gasteiger partial charge >= 0.3 is 0 Å². The third kappa shape index (κ3) is 7.54. The van der Waals surface area contributed by atoms with E-state index >= 15 is 0 Å². The topological polar surface area (TPSA) is 65.0 Å². The van der Waals surface area contributed by atoms with Gasteiger partial charge in [0.1, 0.15) is 0 Å². The molecule has 0 unspecified atom stereocenters. The van der Waals surface area contributed by atoms with Crippen molar-refractivity contribution in [2.75, 3.05) is 44.4 Å². The van der Waals surface area contributed by atoms with Gasteiger partial charge in [-0.1, -0.05) is 41.9 Å². The molecule has 0 spiro atoms. The Morgan fingerprint density at radius 1 is 1.06 bits per heavy atom. The van der Waals surface area contributed by atoms with E-state index < -0.39 is 9.84 Å². The summed E-state index contributed by atoms with van der Waals surface area (Å²) in [4.78, 5) is 9.06. The molecule has 1 N–H and O–H groups in total. The van der Waals surface area contributed by atoms with Crippen LogP contribution in [0.1, 0.15) is 16.7 Å². The van der Waals surface area contributed by atoms with Gasteiger partial charge in [-0.05, 0) is 35.7 Å². The maximum absolute atomic E-state index is 11.4. The molecule has 0 bridgehead atoms. The fourth-order valence-electron chi connectivity index (χ4n) is 3.65. The summed E-state index contributed by atoms with van der Waals surface area (Å²) in [6.07, 6.45) is 1.25. The lowest BCUT2D eigenvalue weighted by Gasteiger charge is -2.38. The van der Waals surface area contributed by atoms with Gasteiger partial charge < -0.3 is 15.1 Å². The van der Waals surface area contributed by atoms with Gasteiger partial charge in [0.15, 0.2) is 15.8 Å². The highest BCUT2D eigenvalue weighted by atomic mass is 127. The predicted octanol–water partition coefficient (Wildman–Crippen LogP) is 3.71. The first-order valence-corrected chi connectivity index (χ1v) is 12.4. The molecule has 1 aliphatic rings. The van der Waals surface area contributed by atoms with Crippen LogP contribution in [-0.4, -0.2) is 58.8 Å². The average Bonchev–Trinajstić information content (AvgIpc) is 2.71. The lowest BCUT2D eigenvalue weighted by molar-refractivity contribution is 0.372. The highest BCUT2D eigenvalue weighted by molar-refractivity contribution is 14.0. The summed E-state index contributed by atoms with van der Waals surface area (Å²) in [6, 6.07) is 13.7. The number of nitrogens with one attached hydrogen (secondary N) is 1. The lowest BCUT2D eigenvalue weighted by Crippen LogP contribution is -2.52. The van der Waals surface area contributed by atoms with Crippen LogP contribution in [0.3, 0.4) is 0 Å². The second kappa shape index (κ2) is 11.4. The minimum atomic E-state index is -3.02. The van der Waals surface area contributed by atoms with E-state index in [0.717, 1.165) is 48.3 Å². The molecule has 0 saturated carbocycles. The molecule has 0 atom stereocenters. The fraction of sp³-hybridized carbons (Fsp3) is 0.409. The second-order valence-corrected chi connectivity index (χ2v) is 10.3. The Morgan fingerprint density at radius 2 is 1.68 bits per heavy atom. The van der Waals surface area contributed by atoms with Gasteiger partial charge in [0, 0.05) is 56.7 Å². The van der Waals surface area contributed by atoms with Crippen LogP contribution in [0.25, 0.3) is 0 Å². The Balaban J connectivity index is 0.00000341. The van der Waals surface area contributed by atoms with E-state index in [1.807, 2.05) is 36.4 Å². The minimum absolute atomic E-state index is 0. The van der Waals surface area contributed by atoms with Gasteiger partial charge in [-0.25, -0.2) is 8.42 Å². The number of nitrogens with zero attached hydrogens (tertiary/aromatic N) is 3. The van der Waals surface area contributed by atoms with Crippen molar-refractivity contribution in [2.24, 2.45) is 4.99 Å². The largest absolute Gasteiger partial charge is 0.368 e. The van der Waals surface area contributed by atoms with E-state index in [1.165, 1.54) is 17.5 Å². The molecule has 1 aliphatic heterocycles. The Morgan fingerprint density at radius 3 is 2.26 bits per heavy atom. The van der Waals surface area contributed by atoms with Crippen LogP contribution in [0.15, 0.2) is 47.5 Å². The first kappa shape index (κ1) is 25.7. The number of hydrogen-bond donors (Lipinski definition) is 1. The molecular weight excluding hydrogens is 547 g/mol. The number of halogens is 2. The summed E-state index contributed by atoms with van der Waals surface area (Å²) in [5.41, 5.74) is 4.31. The maximum atomic E-state index is 11.4. The number of aryl methyl sites for hydroxylation is 1. The monoisotopic (exact) mass is 576 g/mol. The number of rotatable bonds is 5. The quantitative estimate of drug-likeness (QED) is 0.334. The molecule has 1 fully saturated rings. The summed E-state index contributed by atoms with van der Waals surface area (Å²) in [5, 5.41) is 4.18. The summed E-state index contributed by atoms with van der Waals surface area (Å²) < 4.78 is 22.8. The Hall–Kier alpha value is -1.52. The third-order valence-corrected chi connectivity index (χ3v) is 6.30. The number of guanidine groups is 1. The summed E-state index contributed by atoms with van der Waals surface area (Å²) in [7, 11) is -1.22. The summed E-state index contributed by atoms with van der Waals surface area (Å²) in [6.45, 7) is 6.31. The van der Waals surface area contributed by atoms with E-state index in [0.29, 0.717) is 6.54 Å². The van der Waals surface area contributed by atoms with Crippen molar-refractivity contribution in [2.45, 2.75) is 19.2 Å². The van der Waals surface area contributed by atoms with E-state index in [9.17, 15) is 8.42 Å². The number of anilines is 1. The Labute approximate surface area is 207 Å². The zero-order valence-corrected chi connectivity index (χ0v) is 22.0. The van der Waals surface area contributed by atoms with Crippen LogP contribution in [0.4, 0.5) is 5.69 Å². The number of benzene rings is 2. The summed E-state index contributed by atoms with van der Waals surface area (Å²) >= 11 is 6.18. The van der Waals surface area contributed by atoms with Crippen molar-refractivity contribution in [3.8, 4) is 0 Å². The third-order valence-electron chi connectivity index (χ3n) is 5.21. The van der Waals surface area contributed by atoms with Gasteiger partial charge in [0.25, 0.3) is 0 Å². The molecule has 0 aromatic heterocycles. The van der Waals surface area contributed by atoms with Crippen LogP contribution < -0.4 is 10.2 Å². The number of hydrogen-bond acceptors (Lipinski definition) is 4. The molecule has 170 valence electrons. The van der Waals surface area contributed by atoms with E-state index in [-0.39, 0.29) is 29.7 Å². The van der Waals surface area contributed by atoms with Crippen molar-refractivity contribution in [1.29, 1.82) is 0 Å². The molecule has 9 heteroatoms. The molecule has 3 rings (SSSR count). The minimum Gasteiger partial charge on any atom is -0.368 e. The fourth-order valence-corrected chi connectivity index (χ4v) is 4.62. The standard InChI is InChI=1S/C22H29ClN4O2S.HI/c1-17-4-9-20(23)14-21(17)26-10-12-27(13-11-26)22(24-2)25-15-18-5-7-19(8-6-18)16-30(3,28)29;/h4-9,14H,10-13,15-16H2,1-3H3,(H,24,25);1H. The second-order valence-electron chi connectivity index (χ2n) is 7.69. The molecule has 1 saturated heterocycles. The molecule has 31 heavy (non-hydrogen) atoms. The van der Waals surface area contributed by atoms with Crippen molar-refractivity contribution >= 4 is 57.1 Å². The van der Waals surface area contributed by atoms with Crippen molar-refractivity contribution in [3.63, 3.8) is 0 Å². The summed E-state index contributed by atoms with van der Waals surface area (Å²) in [5.74, 6) is 0.941. The smallest absolute Gasteiger partial charge is 0.194 e. The highest BCUT2D eigenvalue weighted by Gasteiger charge is 2.21. The molecule has 6 nitrogen and oxygen atoms in total. The van der Waals surface area contributed by atoms with Gasteiger partial charge in [-0.15, -0.1) is 24.0 Å². The first-order chi connectivity index (χ1) is 14.2. The zero-order valence-electron chi connectivity index (χ0n) is 18.1.